The molecular weight excluding hydrogens is 250 g/mol. The molecule has 1 aromatic carbocycles. The van der Waals surface area contributed by atoms with Crippen LogP contribution in [0.5, 0.6) is 0 Å². The predicted octanol–water partition coefficient (Wildman–Crippen LogP) is 3.00. The maximum atomic E-state index is 12.2. The van der Waals surface area contributed by atoms with Gasteiger partial charge in [-0.15, -0.1) is 0 Å². The highest BCUT2D eigenvalue weighted by Crippen LogP contribution is 2.31. The lowest BCUT2D eigenvalue weighted by Gasteiger charge is -2.25. The first-order chi connectivity index (χ1) is 9.61. The molecule has 1 aliphatic rings. The summed E-state index contributed by atoms with van der Waals surface area (Å²) in [5.41, 5.74) is 1.20. The highest BCUT2D eigenvalue weighted by atomic mass is 16.3. The second-order valence-corrected chi connectivity index (χ2v) is 6.06. The van der Waals surface area contributed by atoms with Gasteiger partial charge in [0.15, 0.2) is 0 Å². The van der Waals surface area contributed by atoms with Crippen molar-refractivity contribution in [2.75, 3.05) is 13.2 Å². The Morgan fingerprint density at radius 3 is 2.65 bits per heavy atom. The molecule has 1 saturated heterocycles. The molecule has 1 amide bonds. The van der Waals surface area contributed by atoms with E-state index in [1.807, 2.05) is 23.1 Å². The van der Waals surface area contributed by atoms with Crippen LogP contribution >= 0.6 is 0 Å². The summed E-state index contributed by atoms with van der Waals surface area (Å²) in [6, 6.07) is 10.4. The molecule has 1 fully saturated rings. The Bertz CT molecular complexity index is 432. The molecule has 110 valence electrons. The molecule has 0 aliphatic carbocycles. The van der Waals surface area contributed by atoms with Gasteiger partial charge in [-0.05, 0) is 37.2 Å². The maximum Gasteiger partial charge on any atom is 0.223 e. The van der Waals surface area contributed by atoms with E-state index >= 15 is 0 Å². The van der Waals surface area contributed by atoms with E-state index in [2.05, 4.69) is 26.0 Å². The molecule has 1 aromatic rings. The van der Waals surface area contributed by atoms with Gasteiger partial charge in [0.25, 0.3) is 0 Å². The standard InChI is InChI=1S/C17H25NO2/c1-13(8-9-19)10-15-11-17(20)18(12-15)14(2)16-6-4-3-5-7-16/h3-7,13-15,19H,8-12H2,1-2H3. The summed E-state index contributed by atoms with van der Waals surface area (Å²) in [6.07, 6.45) is 2.52. The first-order valence-electron chi connectivity index (χ1n) is 7.57. The summed E-state index contributed by atoms with van der Waals surface area (Å²) < 4.78 is 0. The Morgan fingerprint density at radius 1 is 1.30 bits per heavy atom. The minimum atomic E-state index is 0.154. The first-order valence-corrected chi connectivity index (χ1v) is 7.57. The van der Waals surface area contributed by atoms with E-state index in [0.717, 1.165) is 19.4 Å². The Kier molecular flexibility index (Phi) is 5.18. The normalized spacial score (nSPS) is 22.1. The Labute approximate surface area is 121 Å². The zero-order valence-corrected chi connectivity index (χ0v) is 12.5. The lowest BCUT2D eigenvalue weighted by Crippen LogP contribution is -2.28. The van der Waals surface area contributed by atoms with Crippen molar-refractivity contribution in [3.8, 4) is 0 Å². The SMILES string of the molecule is CC(CCO)CC1CC(=O)N(C(C)c2ccccc2)C1. The lowest BCUT2D eigenvalue weighted by atomic mass is 9.93. The van der Waals surface area contributed by atoms with Crippen LogP contribution in [0.15, 0.2) is 30.3 Å². The number of likely N-dealkylation sites (tertiary alicyclic amines) is 1. The predicted molar refractivity (Wildman–Crippen MR) is 80.2 cm³/mol. The van der Waals surface area contributed by atoms with Crippen molar-refractivity contribution in [3.05, 3.63) is 35.9 Å². The third kappa shape index (κ3) is 3.60. The molecule has 20 heavy (non-hydrogen) atoms. The molecule has 3 atom stereocenters. The van der Waals surface area contributed by atoms with E-state index in [9.17, 15) is 4.79 Å². The van der Waals surface area contributed by atoms with Crippen LogP contribution in [0.1, 0.15) is 44.7 Å². The second-order valence-electron chi connectivity index (χ2n) is 6.06. The van der Waals surface area contributed by atoms with Crippen LogP contribution in [0.25, 0.3) is 0 Å². The van der Waals surface area contributed by atoms with Crippen molar-refractivity contribution in [2.45, 2.75) is 39.2 Å². The molecule has 1 N–H and O–H groups in total. The Morgan fingerprint density at radius 2 is 2.00 bits per heavy atom. The molecule has 3 nitrogen and oxygen atoms in total. The van der Waals surface area contributed by atoms with E-state index in [1.165, 1.54) is 5.56 Å². The number of rotatable bonds is 6. The average Bonchev–Trinajstić information content (AvgIpc) is 2.80. The molecule has 1 aliphatic heterocycles. The van der Waals surface area contributed by atoms with Gasteiger partial charge in [-0.2, -0.15) is 0 Å². The zero-order valence-electron chi connectivity index (χ0n) is 12.5. The number of hydrogen-bond acceptors (Lipinski definition) is 2. The molecule has 0 spiro atoms. The maximum absolute atomic E-state index is 12.2. The first kappa shape index (κ1) is 15.0. The smallest absolute Gasteiger partial charge is 0.223 e. The van der Waals surface area contributed by atoms with Crippen molar-refractivity contribution >= 4 is 5.91 Å². The molecule has 3 unspecified atom stereocenters. The molecule has 0 saturated carbocycles. The number of hydrogen-bond donors (Lipinski definition) is 1. The van der Waals surface area contributed by atoms with Crippen LogP contribution in [0.4, 0.5) is 0 Å². The van der Waals surface area contributed by atoms with Crippen LogP contribution in [-0.2, 0) is 4.79 Å². The van der Waals surface area contributed by atoms with Gasteiger partial charge in [-0.3, -0.25) is 4.79 Å². The molecule has 1 heterocycles. The minimum absolute atomic E-state index is 0.154. The van der Waals surface area contributed by atoms with Crippen molar-refractivity contribution in [2.24, 2.45) is 11.8 Å². The zero-order chi connectivity index (χ0) is 14.5. The highest BCUT2D eigenvalue weighted by molar-refractivity contribution is 5.79. The van der Waals surface area contributed by atoms with Gasteiger partial charge in [0.1, 0.15) is 0 Å². The largest absolute Gasteiger partial charge is 0.396 e. The third-order valence-electron chi connectivity index (χ3n) is 4.35. The summed E-state index contributed by atoms with van der Waals surface area (Å²) in [6.45, 7) is 5.35. The van der Waals surface area contributed by atoms with E-state index < -0.39 is 0 Å². The number of amides is 1. The number of aliphatic hydroxyl groups is 1. The van der Waals surface area contributed by atoms with Gasteiger partial charge in [0, 0.05) is 19.6 Å². The van der Waals surface area contributed by atoms with E-state index in [-0.39, 0.29) is 18.6 Å². The van der Waals surface area contributed by atoms with Crippen LogP contribution in [0, 0.1) is 11.8 Å². The van der Waals surface area contributed by atoms with Crippen LogP contribution < -0.4 is 0 Å². The fraction of sp³-hybridized carbons (Fsp3) is 0.588. The van der Waals surface area contributed by atoms with Gasteiger partial charge in [0.2, 0.25) is 5.91 Å². The van der Waals surface area contributed by atoms with Crippen LogP contribution in [0.3, 0.4) is 0 Å². The number of carbonyl (C=O) groups excluding carboxylic acids is 1. The minimum Gasteiger partial charge on any atom is -0.396 e. The summed E-state index contributed by atoms with van der Waals surface area (Å²) in [5.74, 6) is 1.20. The van der Waals surface area contributed by atoms with Gasteiger partial charge in [-0.1, -0.05) is 37.3 Å². The monoisotopic (exact) mass is 275 g/mol. The molecule has 3 heteroatoms. The van der Waals surface area contributed by atoms with Crippen LogP contribution in [0.2, 0.25) is 0 Å². The number of benzene rings is 1. The van der Waals surface area contributed by atoms with Gasteiger partial charge in [-0.25, -0.2) is 0 Å². The summed E-state index contributed by atoms with van der Waals surface area (Å²) >= 11 is 0. The molecular formula is C17H25NO2. The van der Waals surface area contributed by atoms with Crippen LogP contribution in [-0.4, -0.2) is 29.1 Å². The highest BCUT2D eigenvalue weighted by Gasteiger charge is 2.33. The number of aliphatic hydroxyl groups excluding tert-OH is 1. The lowest BCUT2D eigenvalue weighted by molar-refractivity contribution is -0.129. The van der Waals surface area contributed by atoms with E-state index in [0.29, 0.717) is 18.3 Å². The fourth-order valence-electron chi connectivity index (χ4n) is 3.16. The summed E-state index contributed by atoms with van der Waals surface area (Å²) in [4.78, 5) is 14.2. The number of nitrogens with zero attached hydrogens (tertiary/aromatic N) is 1. The molecule has 0 radical (unpaired) electrons. The van der Waals surface area contributed by atoms with E-state index in [4.69, 9.17) is 5.11 Å². The molecule has 0 aromatic heterocycles. The quantitative estimate of drug-likeness (QED) is 0.867. The van der Waals surface area contributed by atoms with Crippen molar-refractivity contribution in [3.63, 3.8) is 0 Å². The van der Waals surface area contributed by atoms with Crippen molar-refractivity contribution < 1.29 is 9.90 Å². The topological polar surface area (TPSA) is 40.5 Å². The summed E-state index contributed by atoms with van der Waals surface area (Å²) in [5, 5.41) is 8.97. The number of carbonyl (C=O) groups is 1. The fourth-order valence-corrected chi connectivity index (χ4v) is 3.16. The van der Waals surface area contributed by atoms with Gasteiger partial charge < -0.3 is 10.0 Å². The van der Waals surface area contributed by atoms with Crippen molar-refractivity contribution in [1.29, 1.82) is 0 Å². The second kappa shape index (κ2) is 6.89. The van der Waals surface area contributed by atoms with Gasteiger partial charge in [0.05, 0.1) is 6.04 Å². The third-order valence-corrected chi connectivity index (χ3v) is 4.35. The molecule has 2 rings (SSSR count). The van der Waals surface area contributed by atoms with E-state index in [1.54, 1.807) is 0 Å². The summed E-state index contributed by atoms with van der Waals surface area (Å²) in [7, 11) is 0. The Balaban J connectivity index is 1.95. The van der Waals surface area contributed by atoms with Gasteiger partial charge >= 0.3 is 0 Å². The average molecular weight is 275 g/mol. The molecule has 0 bridgehead atoms. The Hall–Kier alpha value is -1.35. The van der Waals surface area contributed by atoms with Crippen molar-refractivity contribution in [1.82, 2.24) is 4.90 Å².